The Hall–Kier alpha value is -2.43. The molecule has 0 fully saturated rings. The van der Waals surface area contributed by atoms with Gasteiger partial charge >= 0.3 is 0 Å². The molecule has 1 aromatic heterocycles. The highest BCUT2D eigenvalue weighted by atomic mass is 15.3. The van der Waals surface area contributed by atoms with Crippen molar-refractivity contribution in [3.05, 3.63) is 52.7 Å². The summed E-state index contributed by atoms with van der Waals surface area (Å²) in [6, 6.07) is 10.2. The fraction of sp³-hybridized carbons (Fsp3) is 0.312. The van der Waals surface area contributed by atoms with Crippen molar-refractivity contribution < 1.29 is 0 Å². The van der Waals surface area contributed by atoms with Crippen molar-refractivity contribution in [1.29, 1.82) is 5.41 Å². The Bertz CT molecular complexity index is 637. The van der Waals surface area contributed by atoms with Crippen LogP contribution in [0.1, 0.15) is 29.3 Å². The maximum absolute atomic E-state index is 7.85. The third-order valence-electron chi connectivity index (χ3n) is 3.60. The SMILES string of the molecule is CCN(Cc1ccccc1)c1nnc(C)c(C)c1C(=N)N. The smallest absolute Gasteiger partial charge is 0.162 e. The lowest BCUT2D eigenvalue weighted by Gasteiger charge is -2.25. The van der Waals surface area contributed by atoms with Gasteiger partial charge in [-0.3, -0.25) is 5.41 Å². The van der Waals surface area contributed by atoms with E-state index in [-0.39, 0.29) is 5.84 Å². The van der Waals surface area contributed by atoms with Crippen LogP contribution in [0.5, 0.6) is 0 Å². The molecule has 110 valence electrons. The average Bonchev–Trinajstić information content (AvgIpc) is 2.48. The Balaban J connectivity index is 2.43. The van der Waals surface area contributed by atoms with Crippen molar-refractivity contribution in [3.63, 3.8) is 0 Å². The molecule has 2 rings (SSSR count). The molecular weight excluding hydrogens is 262 g/mol. The van der Waals surface area contributed by atoms with Crippen LogP contribution in [0.25, 0.3) is 0 Å². The molecule has 2 aromatic rings. The Morgan fingerprint density at radius 1 is 1.19 bits per heavy atom. The lowest BCUT2D eigenvalue weighted by atomic mass is 10.1. The lowest BCUT2D eigenvalue weighted by molar-refractivity contribution is 0.786. The van der Waals surface area contributed by atoms with Crippen molar-refractivity contribution >= 4 is 11.7 Å². The third kappa shape index (κ3) is 3.18. The van der Waals surface area contributed by atoms with Crippen LogP contribution < -0.4 is 10.6 Å². The highest BCUT2D eigenvalue weighted by Gasteiger charge is 2.18. The first kappa shape index (κ1) is 15.0. The number of rotatable bonds is 5. The summed E-state index contributed by atoms with van der Waals surface area (Å²) < 4.78 is 0. The van der Waals surface area contributed by atoms with E-state index in [1.165, 1.54) is 5.56 Å². The van der Waals surface area contributed by atoms with E-state index in [0.717, 1.165) is 24.3 Å². The van der Waals surface area contributed by atoms with Crippen LogP contribution in [0, 0.1) is 19.3 Å². The van der Waals surface area contributed by atoms with E-state index in [4.69, 9.17) is 11.1 Å². The molecule has 0 saturated carbocycles. The van der Waals surface area contributed by atoms with Gasteiger partial charge in [0.2, 0.25) is 0 Å². The summed E-state index contributed by atoms with van der Waals surface area (Å²) in [5.41, 5.74) is 9.35. The predicted octanol–water partition coefficient (Wildman–Crippen LogP) is 2.40. The predicted molar refractivity (Wildman–Crippen MR) is 85.7 cm³/mol. The van der Waals surface area contributed by atoms with Crippen molar-refractivity contribution in [1.82, 2.24) is 10.2 Å². The number of nitrogens with one attached hydrogen (secondary N) is 1. The van der Waals surface area contributed by atoms with Gasteiger partial charge in [0.25, 0.3) is 0 Å². The van der Waals surface area contributed by atoms with E-state index in [2.05, 4.69) is 34.2 Å². The average molecular weight is 283 g/mol. The molecule has 1 aromatic carbocycles. The molecule has 0 aliphatic rings. The summed E-state index contributed by atoms with van der Waals surface area (Å²) in [6.45, 7) is 7.36. The molecule has 0 unspecified atom stereocenters. The second-order valence-corrected chi connectivity index (χ2v) is 5.02. The van der Waals surface area contributed by atoms with Crippen molar-refractivity contribution in [2.24, 2.45) is 5.73 Å². The first-order valence-electron chi connectivity index (χ1n) is 7.01. The first-order valence-corrected chi connectivity index (χ1v) is 7.01. The molecule has 1 heterocycles. The molecule has 0 radical (unpaired) electrons. The Morgan fingerprint density at radius 2 is 1.86 bits per heavy atom. The summed E-state index contributed by atoms with van der Waals surface area (Å²) in [5.74, 6) is 0.712. The van der Waals surface area contributed by atoms with Crippen molar-refractivity contribution in [3.8, 4) is 0 Å². The second kappa shape index (κ2) is 6.35. The molecule has 3 N–H and O–H groups in total. The molecule has 0 saturated heterocycles. The zero-order valence-electron chi connectivity index (χ0n) is 12.7. The van der Waals surface area contributed by atoms with Gasteiger partial charge in [0.15, 0.2) is 5.82 Å². The Morgan fingerprint density at radius 3 is 2.43 bits per heavy atom. The molecule has 0 amide bonds. The minimum atomic E-state index is 0.0343. The van der Waals surface area contributed by atoms with Crippen molar-refractivity contribution in [2.75, 3.05) is 11.4 Å². The number of benzene rings is 1. The summed E-state index contributed by atoms with van der Waals surface area (Å²) in [6.07, 6.45) is 0. The molecule has 0 aliphatic carbocycles. The molecule has 0 atom stereocenters. The largest absolute Gasteiger partial charge is 0.384 e. The highest BCUT2D eigenvalue weighted by molar-refractivity contribution is 6.01. The standard InChI is InChI=1S/C16H21N5/c1-4-21(10-13-8-6-5-7-9-13)16-14(15(17)18)11(2)12(3)19-20-16/h5-9H,4,10H2,1-3H3,(H3,17,18). The lowest BCUT2D eigenvalue weighted by Crippen LogP contribution is -2.28. The van der Waals surface area contributed by atoms with Gasteiger partial charge in [-0.25, -0.2) is 0 Å². The van der Waals surface area contributed by atoms with E-state index >= 15 is 0 Å². The van der Waals surface area contributed by atoms with Crippen LogP contribution in [0.2, 0.25) is 0 Å². The number of hydrogen-bond donors (Lipinski definition) is 2. The monoisotopic (exact) mass is 283 g/mol. The molecule has 0 aliphatic heterocycles. The maximum Gasteiger partial charge on any atom is 0.162 e. The number of anilines is 1. The number of hydrogen-bond acceptors (Lipinski definition) is 4. The summed E-state index contributed by atoms with van der Waals surface area (Å²) in [4.78, 5) is 2.09. The molecule has 21 heavy (non-hydrogen) atoms. The Kier molecular flexibility index (Phi) is 4.52. The van der Waals surface area contributed by atoms with Crippen molar-refractivity contribution in [2.45, 2.75) is 27.3 Å². The molecule has 5 heteroatoms. The van der Waals surface area contributed by atoms with E-state index in [1.54, 1.807) is 0 Å². The minimum absolute atomic E-state index is 0.0343. The van der Waals surface area contributed by atoms with Gasteiger partial charge in [0, 0.05) is 13.1 Å². The van der Waals surface area contributed by atoms with Gasteiger partial charge in [-0.05, 0) is 31.9 Å². The number of nitrogens with two attached hydrogens (primary N) is 1. The van der Waals surface area contributed by atoms with Gasteiger partial charge in [0.1, 0.15) is 5.84 Å². The van der Waals surface area contributed by atoms with Crippen LogP contribution in [0.15, 0.2) is 30.3 Å². The molecule has 0 bridgehead atoms. The second-order valence-electron chi connectivity index (χ2n) is 5.02. The van der Waals surface area contributed by atoms with Crippen LogP contribution in [-0.4, -0.2) is 22.6 Å². The quantitative estimate of drug-likeness (QED) is 0.652. The fourth-order valence-electron chi connectivity index (χ4n) is 2.28. The third-order valence-corrected chi connectivity index (χ3v) is 3.60. The van der Waals surface area contributed by atoms with Gasteiger partial charge in [-0.1, -0.05) is 30.3 Å². The normalized spacial score (nSPS) is 10.4. The molecule has 0 spiro atoms. The number of amidine groups is 1. The number of aryl methyl sites for hydroxylation is 1. The molecular formula is C16H21N5. The van der Waals surface area contributed by atoms with E-state index < -0.39 is 0 Å². The summed E-state index contributed by atoms with van der Waals surface area (Å²) in [5, 5.41) is 16.3. The Labute approximate surface area is 125 Å². The minimum Gasteiger partial charge on any atom is -0.384 e. The van der Waals surface area contributed by atoms with Crippen LogP contribution in [0.4, 0.5) is 5.82 Å². The molecule has 5 nitrogen and oxygen atoms in total. The van der Waals surface area contributed by atoms with Crippen LogP contribution in [-0.2, 0) is 6.54 Å². The number of nitrogen functional groups attached to an aromatic ring is 1. The number of nitrogens with zero attached hydrogens (tertiary/aromatic N) is 3. The summed E-state index contributed by atoms with van der Waals surface area (Å²) in [7, 11) is 0. The van der Waals surface area contributed by atoms with Gasteiger partial charge < -0.3 is 10.6 Å². The topological polar surface area (TPSA) is 78.9 Å². The van der Waals surface area contributed by atoms with E-state index in [0.29, 0.717) is 11.4 Å². The van der Waals surface area contributed by atoms with E-state index in [1.807, 2.05) is 32.0 Å². The summed E-state index contributed by atoms with van der Waals surface area (Å²) >= 11 is 0. The van der Waals surface area contributed by atoms with Crippen LogP contribution >= 0.6 is 0 Å². The fourth-order valence-corrected chi connectivity index (χ4v) is 2.28. The van der Waals surface area contributed by atoms with Gasteiger partial charge in [0.05, 0.1) is 11.3 Å². The number of aromatic nitrogens is 2. The first-order chi connectivity index (χ1) is 10.0. The van der Waals surface area contributed by atoms with Gasteiger partial charge in [-0.2, -0.15) is 5.10 Å². The van der Waals surface area contributed by atoms with E-state index in [9.17, 15) is 0 Å². The van der Waals surface area contributed by atoms with Crippen LogP contribution in [0.3, 0.4) is 0 Å². The van der Waals surface area contributed by atoms with Gasteiger partial charge in [-0.15, -0.1) is 5.10 Å². The maximum atomic E-state index is 7.85. The highest BCUT2D eigenvalue weighted by Crippen LogP contribution is 2.23. The zero-order chi connectivity index (χ0) is 15.4. The zero-order valence-corrected chi connectivity index (χ0v) is 12.7.